The number of pyridine rings is 1. The van der Waals surface area contributed by atoms with Crippen LogP contribution in [0.3, 0.4) is 0 Å². The minimum Gasteiger partial charge on any atom is -0.490 e. The zero-order valence-corrected chi connectivity index (χ0v) is 34.5. The first-order valence-electron chi connectivity index (χ1n) is 22.1. The summed E-state index contributed by atoms with van der Waals surface area (Å²) in [7, 11) is 0. The van der Waals surface area contributed by atoms with E-state index in [1.807, 2.05) is 54.7 Å². The van der Waals surface area contributed by atoms with Gasteiger partial charge in [0.1, 0.15) is 17.4 Å². The molecule has 0 radical (unpaired) electrons. The number of nitrogens with one attached hydrogen (secondary N) is 1. The molecule has 1 aliphatic heterocycles. The maximum absolute atomic E-state index is 15.0. The topological polar surface area (TPSA) is 132 Å². The molecule has 6 aliphatic rings. The predicted octanol–water partition coefficient (Wildman–Crippen LogP) is 9.27. The number of piperidine rings is 1. The van der Waals surface area contributed by atoms with Gasteiger partial charge in [-0.25, -0.2) is 19.7 Å². The fraction of sp³-hybridized carbons (Fsp3) is 0.479. The number of fused-ring (bicyclic) bond motifs is 1. The van der Waals surface area contributed by atoms with Gasteiger partial charge in [0.2, 0.25) is 5.95 Å². The number of anilines is 1. The first-order chi connectivity index (χ1) is 30.0. The lowest BCUT2D eigenvalue weighted by Gasteiger charge is -2.59. The summed E-state index contributed by atoms with van der Waals surface area (Å²) in [6, 6.07) is 20.3. The summed E-state index contributed by atoms with van der Waals surface area (Å²) in [5, 5.41) is 14.0. The van der Waals surface area contributed by atoms with Gasteiger partial charge in [0.15, 0.2) is 5.69 Å². The number of aliphatic carboxylic acids is 1. The molecule has 5 saturated carbocycles. The molecule has 5 aliphatic carbocycles. The van der Waals surface area contributed by atoms with E-state index in [9.17, 15) is 14.7 Å². The van der Waals surface area contributed by atoms with Crippen molar-refractivity contribution in [3.63, 3.8) is 0 Å². The fourth-order valence-corrected chi connectivity index (χ4v) is 11.7. The van der Waals surface area contributed by atoms with Crippen molar-refractivity contribution in [1.29, 1.82) is 0 Å². The average molecular weight is 849 g/mol. The van der Waals surface area contributed by atoms with E-state index in [1.165, 1.54) is 6.07 Å². The number of carboxylic acids is 1. The van der Waals surface area contributed by atoms with Crippen molar-refractivity contribution in [2.24, 2.45) is 23.7 Å². The molecule has 2 aromatic carbocycles. The summed E-state index contributed by atoms with van der Waals surface area (Å²) in [5.74, 6) is -0.689. The Bertz CT molecular complexity index is 2400. The first-order valence-corrected chi connectivity index (χ1v) is 22.1. The van der Waals surface area contributed by atoms with Crippen LogP contribution >= 0.6 is 0 Å². The summed E-state index contributed by atoms with van der Waals surface area (Å²) < 4.78 is 60.1. The molecule has 4 bridgehead atoms. The predicted molar refractivity (Wildman–Crippen MR) is 225 cm³/mol. The number of carboxylic acid groups (broad SMARTS) is 1. The lowest BCUT2D eigenvalue weighted by atomic mass is 9.48. The van der Waals surface area contributed by atoms with Gasteiger partial charge in [-0.15, -0.1) is 0 Å². The first kappa shape index (κ1) is 40.6. The van der Waals surface area contributed by atoms with Crippen molar-refractivity contribution >= 4 is 28.7 Å². The number of rotatable bonds is 11. The van der Waals surface area contributed by atoms with Crippen LogP contribution in [0.5, 0.6) is 5.75 Å². The lowest BCUT2D eigenvalue weighted by Crippen LogP contribution is -2.70. The summed E-state index contributed by atoms with van der Waals surface area (Å²) in [6.07, 6.45) is 8.93. The van der Waals surface area contributed by atoms with E-state index in [1.54, 1.807) is 18.5 Å². The Morgan fingerprint density at radius 2 is 1.52 bits per heavy atom. The van der Waals surface area contributed by atoms with Gasteiger partial charge in [0.05, 0.1) is 29.5 Å². The second-order valence-corrected chi connectivity index (χ2v) is 18.2. The van der Waals surface area contributed by atoms with E-state index >= 15 is 13.2 Å². The fourth-order valence-electron chi connectivity index (χ4n) is 11.7. The molecule has 3 aromatic heterocycles. The molecule has 0 atom stereocenters. The molecule has 5 aromatic rings. The van der Waals surface area contributed by atoms with Gasteiger partial charge in [-0.3, -0.25) is 4.79 Å². The zero-order valence-electron chi connectivity index (χ0n) is 34.5. The number of hydrogen-bond donors (Lipinski definition) is 2. The molecule has 324 valence electrons. The summed E-state index contributed by atoms with van der Waals surface area (Å²) in [6.45, 7) is 2.02. The van der Waals surface area contributed by atoms with E-state index in [4.69, 9.17) is 9.47 Å². The van der Waals surface area contributed by atoms with Crippen molar-refractivity contribution < 1.29 is 37.3 Å². The number of halogens is 3. The van der Waals surface area contributed by atoms with Crippen molar-refractivity contribution in [2.75, 3.05) is 18.0 Å². The Hall–Kier alpha value is -5.50. The Labute approximate surface area is 358 Å². The molecule has 62 heavy (non-hydrogen) atoms. The van der Waals surface area contributed by atoms with Gasteiger partial charge in [-0.2, -0.15) is 13.2 Å². The average Bonchev–Trinajstić information content (AvgIpc) is 3.66. The third-order valence-corrected chi connectivity index (χ3v) is 14.5. The molecule has 1 amide bonds. The Kier molecular flexibility index (Phi) is 10.7. The van der Waals surface area contributed by atoms with Crippen LogP contribution in [0.4, 0.5) is 19.1 Å². The minimum absolute atomic E-state index is 0.0404. The van der Waals surface area contributed by atoms with Gasteiger partial charge < -0.3 is 29.4 Å². The Balaban J connectivity index is 0.941. The molecule has 1 saturated heterocycles. The number of carbonyl (C=O) groups excluding carboxylic acids is 1. The molecule has 6 fully saturated rings. The number of carbonyl (C=O) groups is 2. The standard InChI is InChI=1S/C48H51F3N6O5/c49-48(50,51)43-39(44(58)55-47(45(59)60)32-22-30-21-31(24-32)25-33(47)23-30)13-14-41(54-43)40-27-57(34-7-9-35(10-8-34)61-28-29-5-2-1-3-6-29)42-26-37(11-12-38(40)42)62-36-15-19-56(20-16-36)46-52-17-4-18-53-46/h1-6,11-14,17-18,26-27,30-36H,7-10,15-16,19-25,28H2,(H,55,58)(H,59,60)/t30?,31?,32?,33?,34-,35+,47?. The number of ether oxygens (including phenoxy) is 2. The van der Waals surface area contributed by atoms with Crippen LogP contribution in [0.25, 0.3) is 22.2 Å². The maximum Gasteiger partial charge on any atom is 0.434 e. The highest BCUT2D eigenvalue weighted by molar-refractivity contribution is 6.00. The van der Waals surface area contributed by atoms with Crippen LogP contribution in [0, 0.1) is 23.7 Å². The van der Waals surface area contributed by atoms with Crippen molar-refractivity contribution in [1.82, 2.24) is 24.8 Å². The third kappa shape index (κ3) is 7.68. The molecule has 11 rings (SSSR count). The summed E-state index contributed by atoms with van der Waals surface area (Å²) in [4.78, 5) is 42.1. The van der Waals surface area contributed by atoms with E-state index < -0.39 is 34.8 Å². The highest BCUT2D eigenvalue weighted by Gasteiger charge is 2.62. The van der Waals surface area contributed by atoms with Crippen LogP contribution in [0.2, 0.25) is 0 Å². The number of nitrogens with zero attached hydrogens (tertiary/aromatic N) is 5. The number of amides is 1. The minimum atomic E-state index is -4.98. The maximum atomic E-state index is 15.0. The smallest absolute Gasteiger partial charge is 0.434 e. The quantitative estimate of drug-likeness (QED) is 0.134. The number of benzene rings is 2. The zero-order chi connectivity index (χ0) is 42.6. The largest absolute Gasteiger partial charge is 0.490 e. The van der Waals surface area contributed by atoms with Crippen LogP contribution in [-0.2, 0) is 22.3 Å². The third-order valence-electron chi connectivity index (χ3n) is 14.5. The highest BCUT2D eigenvalue weighted by atomic mass is 19.4. The molecule has 11 nitrogen and oxygen atoms in total. The normalized spacial score (nSPS) is 27.4. The van der Waals surface area contributed by atoms with E-state index in [0.717, 1.165) is 75.2 Å². The molecular formula is C48H51F3N6O5. The molecule has 2 N–H and O–H groups in total. The number of hydrogen-bond acceptors (Lipinski definition) is 8. The SMILES string of the molecule is O=C(NC1(C(=O)O)C2CC3CC(C2)CC1C3)c1ccc(-c2cn([C@H]3CC[C@@H](OCc4ccccc4)CC3)c3cc(OC4CCN(c5ncccn5)CC4)ccc23)nc1C(F)(F)F. The van der Waals surface area contributed by atoms with Crippen LogP contribution in [0.1, 0.15) is 98.3 Å². The van der Waals surface area contributed by atoms with Crippen LogP contribution in [-0.4, -0.2) is 67.3 Å². The summed E-state index contributed by atoms with van der Waals surface area (Å²) >= 11 is 0. The van der Waals surface area contributed by atoms with Crippen LogP contribution in [0.15, 0.2) is 85.3 Å². The number of alkyl halides is 3. The molecular weight excluding hydrogens is 798 g/mol. The molecule has 4 heterocycles. The second kappa shape index (κ2) is 16.3. The van der Waals surface area contributed by atoms with E-state index in [-0.39, 0.29) is 35.8 Å². The lowest BCUT2D eigenvalue weighted by molar-refractivity contribution is -0.163. The van der Waals surface area contributed by atoms with Crippen LogP contribution < -0.4 is 15.0 Å². The Morgan fingerprint density at radius 1 is 0.823 bits per heavy atom. The van der Waals surface area contributed by atoms with Crippen molar-refractivity contribution in [3.8, 4) is 17.0 Å². The monoisotopic (exact) mass is 848 g/mol. The van der Waals surface area contributed by atoms with E-state index in [2.05, 4.69) is 29.7 Å². The Morgan fingerprint density at radius 3 is 2.18 bits per heavy atom. The molecule has 0 unspecified atom stereocenters. The van der Waals surface area contributed by atoms with Gasteiger partial charge >= 0.3 is 12.1 Å². The highest BCUT2D eigenvalue weighted by Crippen LogP contribution is 2.58. The van der Waals surface area contributed by atoms with Gasteiger partial charge in [-0.05, 0) is 117 Å². The molecule has 0 spiro atoms. The second-order valence-electron chi connectivity index (χ2n) is 18.2. The van der Waals surface area contributed by atoms with Crippen molar-refractivity contribution in [3.05, 3.63) is 102 Å². The van der Waals surface area contributed by atoms with Crippen molar-refractivity contribution in [2.45, 2.75) is 107 Å². The van der Waals surface area contributed by atoms with E-state index in [0.29, 0.717) is 66.8 Å². The summed E-state index contributed by atoms with van der Waals surface area (Å²) in [5.41, 5.74) is -1.09. The molecule has 14 heteroatoms. The van der Waals surface area contributed by atoms with Gasteiger partial charge in [0.25, 0.3) is 5.91 Å². The van der Waals surface area contributed by atoms with Gasteiger partial charge in [-0.1, -0.05) is 30.3 Å². The number of aromatic nitrogens is 4. The van der Waals surface area contributed by atoms with Gasteiger partial charge in [0, 0.05) is 67.6 Å².